The van der Waals surface area contributed by atoms with E-state index in [0.717, 1.165) is 37.9 Å². The van der Waals surface area contributed by atoms with Crippen LogP contribution in [0.4, 0.5) is 10.1 Å². The molecule has 3 N–H and O–H groups in total. The standard InChI is InChI=1S/C15H20FN3O/c16-12-3-1-4-13(11(12)9-18-10-6-7-10)19-8-2-5-14(19)15(17)20/h1,3-4,10,14,18H,2,5-9H2,(H2,17,20). The first kappa shape index (κ1) is 13.4. The van der Waals surface area contributed by atoms with Gasteiger partial charge in [0.25, 0.3) is 0 Å². The highest BCUT2D eigenvalue weighted by Crippen LogP contribution is 2.31. The molecule has 20 heavy (non-hydrogen) atoms. The highest BCUT2D eigenvalue weighted by Gasteiger charge is 2.31. The maximum Gasteiger partial charge on any atom is 0.240 e. The van der Waals surface area contributed by atoms with Gasteiger partial charge in [0.05, 0.1) is 0 Å². The third-order valence-corrected chi connectivity index (χ3v) is 4.13. The molecule has 2 aliphatic rings. The van der Waals surface area contributed by atoms with Crippen LogP contribution in [0.3, 0.4) is 0 Å². The maximum absolute atomic E-state index is 14.1. The number of nitrogens with one attached hydrogen (secondary N) is 1. The molecule has 2 fully saturated rings. The molecule has 1 unspecified atom stereocenters. The minimum atomic E-state index is -0.326. The van der Waals surface area contributed by atoms with Gasteiger partial charge in [0, 0.05) is 30.4 Å². The fourth-order valence-corrected chi connectivity index (χ4v) is 2.88. The Morgan fingerprint density at radius 3 is 2.90 bits per heavy atom. The SMILES string of the molecule is NC(=O)C1CCCN1c1cccc(F)c1CNC1CC1. The molecule has 0 spiro atoms. The van der Waals surface area contributed by atoms with E-state index in [2.05, 4.69) is 5.32 Å². The molecule has 3 rings (SSSR count). The second-order valence-corrected chi connectivity index (χ2v) is 5.65. The van der Waals surface area contributed by atoms with Gasteiger partial charge in [-0.25, -0.2) is 4.39 Å². The number of halogens is 1. The number of hydrogen-bond donors (Lipinski definition) is 2. The van der Waals surface area contributed by atoms with Crippen molar-refractivity contribution in [2.45, 2.75) is 44.3 Å². The Labute approximate surface area is 118 Å². The monoisotopic (exact) mass is 277 g/mol. The van der Waals surface area contributed by atoms with Crippen molar-refractivity contribution < 1.29 is 9.18 Å². The van der Waals surface area contributed by atoms with Gasteiger partial charge in [0.1, 0.15) is 11.9 Å². The molecule has 1 aliphatic heterocycles. The quantitative estimate of drug-likeness (QED) is 0.858. The van der Waals surface area contributed by atoms with Gasteiger partial charge < -0.3 is 16.0 Å². The van der Waals surface area contributed by atoms with Gasteiger partial charge in [-0.15, -0.1) is 0 Å². The van der Waals surface area contributed by atoms with Crippen LogP contribution in [0.15, 0.2) is 18.2 Å². The Morgan fingerprint density at radius 2 is 2.20 bits per heavy atom. The molecule has 1 heterocycles. The molecule has 1 saturated carbocycles. The lowest BCUT2D eigenvalue weighted by Gasteiger charge is -2.27. The molecule has 1 aromatic carbocycles. The molecule has 1 aromatic rings. The zero-order valence-corrected chi connectivity index (χ0v) is 11.4. The van der Waals surface area contributed by atoms with Crippen LogP contribution in [0.25, 0.3) is 0 Å². The first-order valence-corrected chi connectivity index (χ1v) is 7.23. The molecule has 1 atom stereocenters. The summed E-state index contributed by atoms with van der Waals surface area (Å²) < 4.78 is 14.1. The minimum Gasteiger partial charge on any atom is -0.368 e. The number of amides is 1. The predicted octanol–water partition coefficient (Wildman–Crippen LogP) is 1.53. The maximum atomic E-state index is 14.1. The molecular weight excluding hydrogens is 257 g/mol. The summed E-state index contributed by atoms with van der Waals surface area (Å²) in [6, 6.07) is 5.27. The third kappa shape index (κ3) is 2.63. The molecule has 4 nitrogen and oxygen atoms in total. The Balaban J connectivity index is 1.86. The number of benzene rings is 1. The number of nitrogens with zero attached hydrogens (tertiary/aromatic N) is 1. The second kappa shape index (κ2) is 5.40. The van der Waals surface area contributed by atoms with Crippen LogP contribution in [0.5, 0.6) is 0 Å². The van der Waals surface area contributed by atoms with Gasteiger partial charge >= 0.3 is 0 Å². The van der Waals surface area contributed by atoms with Crippen molar-refractivity contribution in [2.24, 2.45) is 5.73 Å². The predicted molar refractivity (Wildman–Crippen MR) is 75.8 cm³/mol. The summed E-state index contributed by atoms with van der Waals surface area (Å²) in [5.74, 6) is -0.543. The highest BCUT2D eigenvalue weighted by atomic mass is 19.1. The van der Waals surface area contributed by atoms with Gasteiger partial charge in [0.2, 0.25) is 5.91 Å². The van der Waals surface area contributed by atoms with E-state index in [0.29, 0.717) is 18.2 Å². The first-order valence-electron chi connectivity index (χ1n) is 7.23. The molecular formula is C15H20FN3O. The van der Waals surface area contributed by atoms with Crippen molar-refractivity contribution in [3.8, 4) is 0 Å². The van der Waals surface area contributed by atoms with E-state index in [-0.39, 0.29) is 17.8 Å². The van der Waals surface area contributed by atoms with E-state index < -0.39 is 0 Å². The molecule has 5 heteroatoms. The summed E-state index contributed by atoms with van der Waals surface area (Å²) in [4.78, 5) is 13.5. The average Bonchev–Trinajstić information content (AvgIpc) is 3.11. The van der Waals surface area contributed by atoms with Crippen molar-refractivity contribution in [3.05, 3.63) is 29.6 Å². The molecule has 1 aliphatic carbocycles. The van der Waals surface area contributed by atoms with Gasteiger partial charge in [-0.3, -0.25) is 4.79 Å². The summed E-state index contributed by atoms with van der Waals surface area (Å²) in [5.41, 5.74) is 6.91. The van der Waals surface area contributed by atoms with E-state index in [1.54, 1.807) is 6.07 Å². The Kier molecular flexibility index (Phi) is 3.61. The second-order valence-electron chi connectivity index (χ2n) is 5.65. The van der Waals surface area contributed by atoms with Crippen molar-refractivity contribution in [2.75, 3.05) is 11.4 Å². The lowest BCUT2D eigenvalue weighted by atomic mass is 10.1. The van der Waals surface area contributed by atoms with Crippen LogP contribution >= 0.6 is 0 Å². The van der Waals surface area contributed by atoms with Crippen molar-refractivity contribution in [1.82, 2.24) is 5.32 Å². The van der Waals surface area contributed by atoms with E-state index in [1.165, 1.54) is 6.07 Å². The molecule has 0 bridgehead atoms. The zero-order valence-electron chi connectivity index (χ0n) is 11.4. The largest absolute Gasteiger partial charge is 0.368 e. The van der Waals surface area contributed by atoms with Gasteiger partial charge in [-0.2, -0.15) is 0 Å². The summed E-state index contributed by atoms with van der Waals surface area (Å²) in [6.45, 7) is 1.27. The Hall–Kier alpha value is -1.62. The third-order valence-electron chi connectivity index (χ3n) is 4.13. The van der Waals surface area contributed by atoms with Crippen molar-refractivity contribution in [3.63, 3.8) is 0 Å². The molecule has 108 valence electrons. The van der Waals surface area contributed by atoms with E-state index in [1.807, 2.05) is 11.0 Å². The number of carbonyl (C=O) groups is 1. The summed E-state index contributed by atoms with van der Waals surface area (Å²) in [5, 5.41) is 3.34. The minimum absolute atomic E-state index is 0.217. The van der Waals surface area contributed by atoms with Gasteiger partial charge in [-0.05, 0) is 37.8 Å². The van der Waals surface area contributed by atoms with Crippen LogP contribution in [0.2, 0.25) is 0 Å². The Bertz CT molecular complexity index is 516. The van der Waals surface area contributed by atoms with Crippen molar-refractivity contribution >= 4 is 11.6 Å². The summed E-state index contributed by atoms with van der Waals surface area (Å²) in [7, 11) is 0. The molecule has 1 saturated heterocycles. The number of nitrogens with two attached hydrogens (primary N) is 1. The van der Waals surface area contributed by atoms with E-state index >= 15 is 0 Å². The van der Waals surface area contributed by atoms with Crippen LogP contribution in [0.1, 0.15) is 31.2 Å². The van der Waals surface area contributed by atoms with Gasteiger partial charge in [-0.1, -0.05) is 6.07 Å². The normalized spacial score (nSPS) is 22.2. The van der Waals surface area contributed by atoms with Gasteiger partial charge in [0.15, 0.2) is 0 Å². The van der Waals surface area contributed by atoms with Crippen LogP contribution in [-0.2, 0) is 11.3 Å². The molecule has 0 aromatic heterocycles. The lowest BCUT2D eigenvalue weighted by Crippen LogP contribution is -2.41. The number of primary amides is 1. The molecule has 0 radical (unpaired) electrons. The molecule has 1 amide bonds. The smallest absolute Gasteiger partial charge is 0.240 e. The number of rotatable bonds is 5. The van der Waals surface area contributed by atoms with Crippen molar-refractivity contribution in [1.29, 1.82) is 0 Å². The first-order chi connectivity index (χ1) is 9.66. The van der Waals surface area contributed by atoms with E-state index in [9.17, 15) is 9.18 Å². The number of anilines is 1. The fraction of sp³-hybridized carbons (Fsp3) is 0.533. The zero-order chi connectivity index (χ0) is 14.1. The summed E-state index contributed by atoms with van der Waals surface area (Å²) in [6.07, 6.45) is 4.00. The van der Waals surface area contributed by atoms with Crippen LogP contribution in [0, 0.1) is 5.82 Å². The Morgan fingerprint density at radius 1 is 1.40 bits per heavy atom. The lowest BCUT2D eigenvalue weighted by molar-refractivity contribution is -0.119. The van der Waals surface area contributed by atoms with E-state index in [4.69, 9.17) is 5.73 Å². The summed E-state index contributed by atoms with van der Waals surface area (Å²) >= 11 is 0. The topological polar surface area (TPSA) is 58.4 Å². The fourth-order valence-electron chi connectivity index (χ4n) is 2.88. The average molecular weight is 277 g/mol. The number of carbonyl (C=O) groups excluding carboxylic acids is 1. The van der Waals surface area contributed by atoms with Crippen LogP contribution in [-0.4, -0.2) is 24.5 Å². The number of hydrogen-bond acceptors (Lipinski definition) is 3. The highest BCUT2D eigenvalue weighted by molar-refractivity contribution is 5.84. The van der Waals surface area contributed by atoms with Crippen LogP contribution < -0.4 is 16.0 Å².